The van der Waals surface area contributed by atoms with Gasteiger partial charge in [0.1, 0.15) is 11.5 Å². The monoisotopic (exact) mass is 356 g/mol. The number of carbonyl (C=O) groups is 2. The Balaban J connectivity index is 1.78. The standard InChI is InChI=1S/C20H24N2O4/c1-13-7-5-9-17(11-13)25-12-19(23)21-22-20(24)16(4)26-18-10-6-8-14(2)15(18)3/h5-11,16H,12H2,1-4H3,(H,21,23)(H,22,24)/t16-/m1/s1. The summed E-state index contributed by atoms with van der Waals surface area (Å²) >= 11 is 0. The summed E-state index contributed by atoms with van der Waals surface area (Å²) in [7, 11) is 0. The Morgan fingerprint density at radius 3 is 2.50 bits per heavy atom. The van der Waals surface area contributed by atoms with E-state index in [1.165, 1.54) is 0 Å². The van der Waals surface area contributed by atoms with Gasteiger partial charge in [0.15, 0.2) is 12.7 Å². The molecule has 26 heavy (non-hydrogen) atoms. The molecule has 0 saturated carbocycles. The number of rotatable bonds is 6. The van der Waals surface area contributed by atoms with Crippen LogP contribution in [0, 0.1) is 20.8 Å². The molecule has 6 heteroatoms. The number of hydrogen-bond donors (Lipinski definition) is 2. The number of benzene rings is 2. The molecule has 2 rings (SSSR count). The predicted octanol–water partition coefficient (Wildman–Crippen LogP) is 2.61. The van der Waals surface area contributed by atoms with Crippen LogP contribution in [-0.4, -0.2) is 24.5 Å². The van der Waals surface area contributed by atoms with Crippen molar-refractivity contribution in [3.05, 3.63) is 59.2 Å². The van der Waals surface area contributed by atoms with Crippen LogP contribution in [0.15, 0.2) is 42.5 Å². The first-order chi connectivity index (χ1) is 12.4. The molecule has 2 amide bonds. The summed E-state index contributed by atoms with van der Waals surface area (Å²) in [6.45, 7) is 7.26. The van der Waals surface area contributed by atoms with E-state index in [1.54, 1.807) is 19.1 Å². The lowest BCUT2D eigenvalue weighted by Gasteiger charge is -2.17. The largest absolute Gasteiger partial charge is 0.484 e. The molecule has 0 aliphatic carbocycles. The van der Waals surface area contributed by atoms with E-state index < -0.39 is 17.9 Å². The summed E-state index contributed by atoms with van der Waals surface area (Å²) in [5.41, 5.74) is 7.75. The van der Waals surface area contributed by atoms with E-state index in [0.717, 1.165) is 16.7 Å². The molecule has 2 aromatic rings. The highest BCUT2D eigenvalue weighted by molar-refractivity contribution is 5.85. The van der Waals surface area contributed by atoms with Gasteiger partial charge >= 0.3 is 0 Å². The van der Waals surface area contributed by atoms with E-state index in [0.29, 0.717) is 11.5 Å². The van der Waals surface area contributed by atoms with Crippen molar-refractivity contribution in [2.24, 2.45) is 0 Å². The van der Waals surface area contributed by atoms with Crippen LogP contribution in [0.2, 0.25) is 0 Å². The second-order valence-electron chi connectivity index (χ2n) is 6.10. The van der Waals surface area contributed by atoms with E-state index in [1.807, 2.05) is 51.1 Å². The fourth-order valence-corrected chi connectivity index (χ4v) is 2.22. The number of hydrogen-bond acceptors (Lipinski definition) is 4. The Bertz CT molecular complexity index is 789. The van der Waals surface area contributed by atoms with Crippen LogP contribution in [0.5, 0.6) is 11.5 Å². The predicted molar refractivity (Wildman–Crippen MR) is 99.0 cm³/mol. The summed E-state index contributed by atoms with van der Waals surface area (Å²) in [6.07, 6.45) is -0.756. The van der Waals surface area contributed by atoms with Crippen LogP contribution >= 0.6 is 0 Å². The molecule has 6 nitrogen and oxygen atoms in total. The Labute approximate surface area is 153 Å². The third-order valence-electron chi connectivity index (χ3n) is 3.91. The summed E-state index contributed by atoms with van der Waals surface area (Å²) in [4.78, 5) is 23.9. The number of nitrogens with one attached hydrogen (secondary N) is 2. The molecule has 0 fully saturated rings. The van der Waals surface area contributed by atoms with E-state index in [-0.39, 0.29) is 6.61 Å². The normalized spacial score (nSPS) is 11.4. The van der Waals surface area contributed by atoms with Crippen LogP contribution in [-0.2, 0) is 9.59 Å². The van der Waals surface area contributed by atoms with Gasteiger partial charge in [-0.1, -0.05) is 24.3 Å². The smallest absolute Gasteiger partial charge is 0.279 e. The van der Waals surface area contributed by atoms with Crippen molar-refractivity contribution in [3.8, 4) is 11.5 Å². The number of hydrazine groups is 1. The Morgan fingerprint density at radius 1 is 1.04 bits per heavy atom. The van der Waals surface area contributed by atoms with Gasteiger partial charge < -0.3 is 9.47 Å². The van der Waals surface area contributed by atoms with Crippen LogP contribution in [0.3, 0.4) is 0 Å². The van der Waals surface area contributed by atoms with Crippen molar-refractivity contribution < 1.29 is 19.1 Å². The maximum atomic E-state index is 12.1. The molecule has 0 spiro atoms. The van der Waals surface area contributed by atoms with Crippen molar-refractivity contribution >= 4 is 11.8 Å². The van der Waals surface area contributed by atoms with Gasteiger partial charge in [-0.05, 0) is 62.6 Å². The molecule has 0 heterocycles. The Morgan fingerprint density at radius 2 is 1.77 bits per heavy atom. The lowest BCUT2D eigenvalue weighted by molar-refractivity contribution is -0.133. The van der Waals surface area contributed by atoms with Crippen molar-refractivity contribution in [2.45, 2.75) is 33.8 Å². The summed E-state index contributed by atoms with van der Waals surface area (Å²) in [5.74, 6) is 0.327. The molecule has 0 radical (unpaired) electrons. The lowest BCUT2D eigenvalue weighted by Crippen LogP contribution is -2.48. The highest BCUT2D eigenvalue weighted by Crippen LogP contribution is 2.21. The quantitative estimate of drug-likeness (QED) is 0.780. The molecule has 2 N–H and O–H groups in total. The number of amides is 2. The Kier molecular flexibility index (Phi) is 6.60. The third-order valence-corrected chi connectivity index (χ3v) is 3.91. The van der Waals surface area contributed by atoms with Crippen molar-refractivity contribution in [1.29, 1.82) is 0 Å². The van der Waals surface area contributed by atoms with Gasteiger partial charge in [0.05, 0.1) is 0 Å². The van der Waals surface area contributed by atoms with E-state index in [2.05, 4.69) is 10.9 Å². The highest BCUT2D eigenvalue weighted by atomic mass is 16.5. The molecule has 0 aromatic heterocycles. The zero-order chi connectivity index (χ0) is 19.1. The molecule has 2 aromatic carbocycles. The van der Waals surface area contributed by atoms with Crippen LogP contribution in [0.1, 0.15) is 23.6 Å². The van der Waals surface area contributed by atoms with Crippen LogP contribution in [0.25, 0.3) is 0 Å². The summed E-state index contributed by atoms with van der Waals surface area (Å²) in [6, 6.07) is 13.0. The van der Waals surface area contributed by atoms with Crippen molar-refractivity contribution in [1.82, 2.24) is 10.9 Å². The van der Waals surface area contributed by atoms with Gasteiger partial charge in [0.2, 0.25) is 0 Å². The van der Waals surface area contributed by atoms with Gasteiger partial charge in [0, 0.05) is 0 Å². The zero-order valence-electron chi connectivity index (χ0n) is 15.5. The maximum absolute atomic E-state index is 12.1. The van der Waals surface area contributed by atoms with Gasteiger partial charge in [-0.3, -0.25) is 20.4 Å². The minimum atomic E-state index is -0.756. The van der Waals surface area contributed by atoms with E-state index in [4.69, 9.17) is 9.47 Å². The van der Waals surface area contributed by atoms with Crippen molar-refractivity contribution in [3.63, 3.8) is 0 Å². The first-order valence-electron chi connectivity index (χ1n) is 8.38. The topological polar surface area (TPSA) is 76.7 Å². The van der Waals surface area contributed by atoms with Crippen LogP contribution in [0.4, 0.5) is 0 Å². The minimum absolute atomic E-state index is 0.198. The first kappa shape index (κ1) is 19.3. The fourth-order valence-electron chi connectivity index (χ4n) is 2.22. The van der Waals surface area contributed by atoms with E-state index in [9.17, 15) is 9.59 Å². The lowest BCUT2D eigenvalue weighted by atomic mass is 10.1. The van der Waals surface area contributed by atoms with Gasteiger partial charge in [-0.25, -0.2) is 0 Å². The molecular weight excluding hydrogens is 332 g/mol. The molecular formula is C20H24N2O4. The van der Waals surface area contributed by atoms with Gasteiger partial charge in [-0.15, -0.1) is 0 Å². The molecule has 0 aliphatic rings. The van der Waals surface area contributed by atoms with Crippen LogP contribution < -0.4 is 20.3 Å². The number of carbonyl (C=O) groups excluding carboxylic acids is 2. The summed E-state index contributed by atoms with van der Waals surface area (Å²) in [5, 5.41) is 0. The van der Waals surface area contributed by atoms with E-state index >= 15 is 0 Å². The molecule has 0 bridgehead atoms. The summed E-state index contributed by atoms with van der Waals surface area (Å²) < 4.78 is 11.0. The fraction of sp³-hybridized carbons (Fsp3) is 0.300. The third kappa shape index (κ3) is 5.51. The second-order valence-corrected chi connectivity index (χ2v) is 6.10. The second kappa shape index (κ2) is 8.89. The SMILES string of the molecule is Cc1cccc(OCC(=O)NNC(=O)[C@@H](C)Oc2cccc(C)c2C)c1. The Hall–Kier alpha value is -3.02. The highest BCUT2D eigenvalue weighted by Gasteiger charge is 2.16. The average molecular weight is 356 g/mol. The number of aryl methyl sites for hydroxylation is 2. The molecule has 0 aliphatic heterocycles. The molecule has 0 saturated heterocycles. The van der Waals surface area contributed by atoms with Gasteiger partial charge in [0.25, 0.3) is 11.8 Å². The molecule has 0 unspecified atom stereocenters. The first-order valence-corrected chi connectivity index (χ1v) is 8.38. The maximum Gasteiger partial charge on any atom is 0.279 e. The molecule has 138 valence electrons. The van der Waals surface area contributed by atoms with Crippen molar-refractivity contribution in [2.75, 3.05) is 6.61 Å². The molecule has 1 atom stereocenters. The zero-order valence-corrected chi connectivity index (χ0v) is 15.5. The van der Waals surface area contributed by atoms with Gasteiger partial charge in [-0.2, -0.15) is 0 Å². The number of ether oxygens (including phenoxy) is 2. The minimum Gasteiger partial charge on any atom is -0.484 e. The average Bonchev–Trinajstić information content (AvgIpc) is 2.61.